The van der Waals surface area contributed by atoms with Crippen molar-refractivity contribution >= 4 is 11.6 Å². The van der Waals surface area contributed by atoms with Crippen LogP contribution >= 0.6 is 0 Å². The molecule has 0 radical (unpaired) electrons. The summed E-state index contributed by atoms with van der Waals surface area (Å²) in [6.07, 6.45) is 0. The number of carbonyl (C=O) groups is 1. The van der Waals surface area contributed by atoms with E-state index >= 15 is 0 Å². The molecule has 4 nitrogen and oxygen atoms in total. The van der Waals surface area contributed by atoms with E-state index in [4.69, 9.17) is 4.74 Å². The van der Waals surface area contributed by atoms with Crippen LogP contribution in [-0.2, 0) is 0 Å². The molecule has 0 saturated carbocycles. The Hall–Kier alpha value is -2.63. The second kappa shape index (κ2) is 6.69. The predicted octanol–water partition coefficient (Wildman–Crippen LogP) is 3.55. The topological polar surface area (TPSA) is 47.6 Å². The van der Waals surface area contributed by atoms with Gasteiger partial charge in [0.2, 0.25) is 0 Å². The quantitative estimate of drug-likeness (QED) is 0.917. The fraction of sp³-hybridized carbons (Fsp3) is 0.133. The van der Waals surface area contributed by atoms with E-state index in [0.717, 1.165) is 0 Å². The van der Waals surface area contributed by atoms with E-state index in [1.807, 2.05) is 6.07 Å². The summed E-state index contributed by atoms with van der Waals surface area (Å²) in [7, 11) is 1.31. The van der Waals surface area contributed by atoms with Crippen LogP contribution in [0.2, 0.25) is 0 Å². The van der Waals surface area contributed by atoms with Crippen molar-refractivity contribution in [2.24, 2.45) is 0 Å². The molecule has 0 aliphatic carbocycles. The first-order valence-electron chi connectivity index (χ1n) is 6.09. The first-order valence-corrected chi connectivity index (χ1v) is 6.09. The first kappa shape index (κ1) is 14.8. The molecule has 0 aliphatic rings. The van der Waals surface area contributed by atoms with E-state index < -0.39 is 6.61 Å². The minimum atomic E-state index is -2.96. The third kappa shape index (κ3) is 3.92. The number of carbonyl (C=O) groups excluding carboxylic acids is 1. The van der Waals surface area contributed by atoms with Crippen molar-refractivity contribution < 1.29 is 23.0 Å². The number of rotatable bonds is 5. The standard InChI is InChI=1S/C15H13F2NO3/c1-20-13-9-10(7-8-12(13)21-15(16)17)14(19)18-11-5-3-2-4-6-11/h2-9,15H,1H3,(H,18,19). The first-order chi connectivity index (χ1) is 10.1. The predicted molar refractivity (Wildman–Crippen MR) is 74.0 cm³/mol. The van der Waals surface area contributed by atoms with Gasteiger partial charge >= 0.3 is 6.61 Å². The Kier molecular flexibility index (Phi) is 4.71. The van der Waals surface area contributed by atoms with Gasteiger partial charge in [-0.1, -0.05) is 18.2 Å². The van der Waals surface area contributed by atoms with Gasteiger partial charge in [0, 0.05) is 11.3 Å². The molecular weight excluding hydrogens is 280 g/mol. The molecule has 1 amide bonds. The van der Waals surface area contributed by atoms with Crippen LogP contribution in [0.1, 0.15) is 10.4 Å². The Morgan fingerprint density at radius 2 is 1.81 bits per heavy atom. The second-order valence-corrected chi connectivity index (χ2v) is 4.06. The summed E-state index contributed by atoms with van der Waals surface area (Å²) >= 11 is 0. The highest BCUT2D eigenvalue weighted by molar-refractivity contribution is 6.04. The van der Waals surface area contributed by atoms with Crippen LogP contribution in [0.5, 0.6) is 11.5 Å². The minimum absolute atomic E-state index is 0.0658. The zero-order valence-electron chi connectivity index (χ0n) is 11.2. The van der Waals surface area contributed by atoms with Gasteiger partial charge in [-0.3, -0.25) is 4.79 Å². The summed E-state index contributed by atoms with van der Waals surface area (Å²) in [5, 5.41) is 2.69. The third-order valence-electron chi connectivity index (χ3n) is 2.67. The van der Waals surface area contributed by atoms with Crippen molar-refractivity contribution in [1.29, 1.82) is 0 Å². The Bertz CT molecular complexity index is 618. The second-order valence-electron chi connectivity index (χ2n) is 4.06. The Morgan fingerprint density at radius 1 is 1.10 bits per heavy atom. The summed E-state index contributed by atoms with van der Waals surface area (Å²) < 4.78 is 33.7. The van der Waals surface area contributed by atoms with E-state index in [1.54, 1.807) is 24.3 Å². The summed E-state index contributed by atoms with van der Waals surface area (Å²) in [5.74, 6) is -0.428. The average molecular weight is 293 g/mol. The fourth-order valence-corrected chi connectivity index (χ4v) is 1.73. The highest BCUT2D eigenvalue weighted by Gasteiger charge is 2.14. The van der Waals surface area contributed by atoms with Crippen molar-refractivity contribution in [1.82, 2.24) is 0 Å². The molecule has 0 spiro atoms. The van der Waals surface area contributed by atoms with Crippen LogP contribution in [0.4, 0.5) is 14.5 Å². The molecule has 0 bridgehead atoms. The molecule has 0 aromatic heterocycles. The fourth-order valence-electron chi connectivity index (χ4n) is 1.73. The van der Waals surface area contributed by atoms with Crippen LogP contribution in [0.3, 0.4) is 0 Å². The SMILES string of the molecule is COc1cc(C(=O)Nc2ccccc2)ccc1OC(F)F. The molecule has 0 aliphatic heterocycles. The highest BCUT2D eigenvalue weighted by Crippen LogP contribution is 2.29. The molecule has 0 unspecified atom stereocenters. The van der Waals surface area contributed by atoms with Gasteiger partial charge in [0.25, 0.3) is 5.91 Å². The number of hydrogen-bond donors (Lipinski definition) is 1. The lowest BCUT2D eigenvalue weighted by Crippen LogP contribution is -2.12. The molecule has 2 aromatic rings. The van der Waals surface area contributed by atoms with Crippen molar-refractivity contribution in [3.63, 3.8) is 0 Å². The molecule has 0 saturated heterocycles. The summed E-state index contributed by atoms with van der Waals surface area (Å²) in [6.45, 7) is -2.96. The van der Waals surface area contributed by atoms with Crippen LogP contribution in [0, 0.1) is 0 Å². The lowest BCUT2D eigenvalue weighted by molar-refractivity contribution is -0.0512. The molecule has 0 atom stereocenters. The molecule has 1 N–H and O–H groups in total. The molecular formula is C15H13F2NO3. The number of alkyl halides is 2. The molecule has 6 heteroatoms. The van der Waals surface area contributed by atoms with E-state index in [2.05, 4.69) is 10.1 Å². The van der Waals surface area contributed by atoms with Gasteiger partial charge in [-0.2, -0.15) is 8.78 Å². The maximum Gasteiger partial charge on any atom is 0.387 e. The normalized spacial score (nSPS) is 10.3. The number of benzene rings is 2. The number of amides is 1. The van der Waals surface area contributed by atoms with E-state index in [9.17, 15) is 13.6 Å². The van der Waals surface area contributed by atoms with E-state index in [1.165, 1.54) is 25.3 Å². The van der Waals surface area contributed by atoms with Crippen molar-refractivity contribution in [2.45, 2.75) is 6.61 Å². The van der Waals surface area contributed by atoms with Crippen molar-refractivity contribution in [2.75, 3.05) is 12.4 Å². The van der Waals surface area contributed by atoms with Crippen molar-refractivity contribution in [3.8, 4) is 11.5 Å². The lowest BCUT2D eigenvalue weighted by atomic mass is 10.2. The zero-order valence-corrected chi connectivity index (χ0v) is 11.2. The summed E-state index contributed by atoms with van der Waals surface area (Å²) in [4.78, 5) is 12.1. The summed E-state index contributed by atoms with van der Waals surface area (Å²) in [6, 6.07) is 12.9. The number of para-hydroxylation sites is 1. The highest BCUT2D eigenvalue weighted by atomic mass is 19.3. The number of halogens is 2. The van der Waals surface area contributed by atoms with Crippen LogP contribution in [0.25, 0.3) is 0 Å². The number of ether oxygens (including phenoxy) is 2. The maximum absolute atomic E-state index is 12.2. The lowest BCUT2D eigenvalue weighted by Gasteiger charge is -2.11. The number of hydrogen-bond acceptors (Lipinski definition) is 3. The average Bonchev–Trinajstić information content (AvgIpc) is 2.48. The Balaban J connectivity index is 2.18. The molecule has 2 rings (SSSR count). The van der Waals surface area contributed by atoms with Crippen molar-refractivity contribution in [3.05, 3.63) is 54.1 Å². The van der Waals surface area contributed by atoms with Gasteiger partial charge in [-0.05, 0) is 30.3 Å². The van der Waals surface area contributed by atoms with Crippen LogP contribution in [0.15, 0.2) is 48.5 Å². The van der Waals surface area contributed by atoms with Gasteiger partial charge in [0.15, 0.2) is 11.5 Å². The molecule has 0 heterocycles. The summed E-state index contributed by atoms with van der Waals surface area (Å²) in [5.41, 5.74) is 0.909. The molecule has 2 aromatic carbocycles. The Morgan fingerprint density at radius 3 is 2.43 bits per heavy atom. The van der Waals surface area contributed by atoms with Gasteiger partial charge < -0.3 is 14.8 Å². The largest absolute Gasteiger partial charge is 0.493 e. The number of methoxy groups -OCH3 is 1. The van der Waals surface area contributed by atoms with Crippen LogP contribution < -0.4 is 14.8 Å². The zero-order chi connectivity index (χ0) is 15.2. The maximum atomic E-state index is 12.2. The number of anilines is 1. The van der Waals surface area contributed by atoms with E-state index in [-0.39, 0.29) is 23.0 Å². The molecule has 21 heavy (non-hydrogen) atoms. The van der Waals surface area contributed by atoms with Gasteiger partial charge in [0.05, 0.1) is 7.11 Å². The van der Waals surface area contributed by atoms with Crippen LogP contribution in [-0.4, -0.2) is 19.6 Å². The minimum Gasteiger partial charge on any atom is -0.493 e. The Labute approximate surface area is 120 Å². The third-order valence-corrected chi connectivity index (χ3v) is 2.67. The number of nitrogens with one attached hydrogen (secondary N) is 1. The van der Waals surface area contributed by atoms with Gasteiger partial charge in [0.1, 0.15) is 0 Å². The molecule has 0 fully saturated rings. The van der Waals surface area contributed by atoms with Gasteiger partial charge in [-0.25, -0.2) is 0 Å². The van der Waals surface area contributed by atoms with Gasteiger partial charge in [-0.15, -0.1) is 0 Å². The monoisotopic (exact) mass is 293 g/mol. The van der Waals surface area contributed by atoms with E-state index in [0.29, 0.717) is 5.69 Å². The molecule has 110 valence electrons. The smallest absolute Gasteiger partial charge is 0.387 e.